The first-order valence-corrected chi connectivity index (χ1v) is 7.53. The Kier molecular flexibility index (Phi) is 4.48. The summed E-state index contributed by atoms with van der Waals surface area (Å²) in [5.74, 6) is 1.27. The molecule has 6 nitrogen and oxygen atoms in total. The van der Waals surface area contributed by atoms with E-state index in [2.05, 4.69) is 16.0 Å². The summed E-state index contributed by atoms with van der Waals surface area (Å²) in [6.45, 7) is 0. The SMILES string of the molecule is COc1ccc(-c2nc(N)nc(-c3ccccc3)c2C#N)c(OC)c1. The van der Waals surface area contributed by atoms with Crippen molar-refractivity contribution in [2.45, 2.75) is 0 Å². The van der Waals surface area contributed by atoms with Crippen molar-refractivity contribution in [3.8, 4) is 40.1 Å². The molecule has 0 spiro atoms. The van der Waals surface area contributed by atoms with Crippen LogP contribution in [0.15, 0.2) is 48.5 Å². The smallest absolute Gasteiger partial charge is 0.221 e. The molecule has 0 radical (unpaired) electrons. The van der Waals surface area contributed by atoms with Gasteiger partial charge in [-0.1, -0.05) is 30.3 Å². The summed E-state index contributed by atoms with van der Waals surface area (Å²) in [4.78, 5) is 8.56. The zero-order valence-electron chi connectivity index (χ0n) is 13.9. The number of hydrogen-bond acceptors (Lipinski definition) is 6. The van der Waals surface area contributed by atoms with E-state index in [1.807, 2.05) is 30.3 Å². The quantitative estimate of drug-likeness (QED) is 0.788. The Labute approximate surface area is 145 Å². The zero-order chi connectivity index (χ0) is 17.8. The predicted octanol–water partition coefficient (Wildman–Crippen LogP) is 3.28. The molecule has 0 bridgehead atoms. The first-order valence-electron chi connectivity index (χ1n) is 7.53. The van der Waals surface area contributed by atoms with E-state index in [0.717, 1.165) is 5.56 Å². The fraction of sp³-hybridized carbons (Fsp3) is 0.105. The lowest BCUT2D eigenvalue weighted by molar-refractivity contribution is 0.395. The van der Waals surface area contributed by atoms with Gasteiger partial charge >= 0.3 is 0 Å². The Morgan fingerprint density at radius 1 is 0.960 bits per heavy atom. The van der Waals surface area contributed by atoms with Gasteiger partial charge < -0.3 is 15.2 Å². The van der Waals surface area contributed by atoms with Crippen LogP contribution in [0.5, 0.6) is 11.5 Å². The van der Waals surface area contributed by atoms with Crippen LogP contribution in [0.3, 0.4) is 0 Å². The minimum Gasteiger partial charge on any atom is -0.497 e. The highest BCUT2D eigenvalue weighted by Crippen LogP contribution is 2.36. The molecule has 1 heterocycles. The van der Waals surface area contributed by atoms with Crippen LogP contribution in [0.1, 0.15) is 5.56 Å². The Morgan fingerprint density at radius 2 is 1.68 bits per heavy atom. The third-order valence-corrected chi connectivity index (χ3v) is 3.75. The first kappa shape index (κ1) is 16.3. The zero-order valence-corrected chi connectivity index (χ0v) is 13.9. The summed E-state index contributed by atoms with van der Waals surface area (Å²) < 4.78 is 10.7. The molecule has 2 aromatic carbocycles. The number of rotatable bonds is 4. The van der Waals surface area contributed by atoms with Gasteiger partial charge in [-0.25, -0.2) is 9.97 Å². The number of nitrogens with zero attached hydrogens (tertiary/aromatic N) is 3. The summed E-state index contributed by atoms with van der Waals surface area (Å²) >= 11 is 0. The van der Waals surface area contributed by atoms with E-state index >= 15 is 0 Å². The van der Waals surface area contributed by atoms with E-state index in [-0.39, 0.29) is 5.95 Å². The second-order valence-corrected chi connectivity index (χ2v) is 5.20. The molecule has 25 heavy (non-hydrogen) atoms. The molecule has 6 heteroatoms. The highest BCUT2D eigenvalue weighted by Gasteiger charge is 2.19. The monoisotopic (exact) mass is 332 g/mol. The number of nitrogens with two attached hydrogens (primary N) is 1. The lowest BCUT2D eigenvalue weighted by Gasteiger charge is -2.13. The molecule has 0 saturated carbocycles. The summed E-state index contributed by atoms with van der Waals surface area (Å²) in [5.41, 5.74) is 8.60. The van der Waals surface area contributed by atoms with Gasteiger partial charge in [0, 0.05) is 17.2 Å². The molecule has 0 unspecified atom stereocenters. The van der Waals surface area contributed by atoms with Gasteiger partial charge in [-0.3, -0.25) is 0 Å². The van der Waals surface area contributed by atoms with Gasteiger partial charge in [0.25, 0.3) is 0 Å². The minimum atomic E-state index is 0.0886. The molecule has 0 aliphatic rings. The van der Waals surface area contributed by atoms with Crippen molar-refractivity contribution in [3.63, 3.8) is 0 Å². The molecule has 1 aromatic heterocycles. The fourth-order valence-electron chi connectivity index (χ4n) is 2.58. The van der Waals surface area contributed by atoms with Crippen molar-refractivity contribution >= 4 is 5.95 Å². The van der Waals surface area contributed by atoms with Gasteiger partial charge in [0.2, 0.25) is 5.95 Å². The topological polar surface area (TPSA) is 94.0 Å². The number of aromatic nitrogens is 2. The normalized spacial score (nSPS) is 10.1. The Morgan fingerprint density at radius 3 is 2.32 bits per heavy atom. The summed E-state index contributed by atoms with van der Waals surface area (Å²) in [6, 6.07) is 16.9. The third kappa shape index (κ3) is 3.08. The van der Waals surface area contributed by atoms with Gasteiger partial charge in [0.1, 0.15) is 23.1 Å². The Balaban J connectivity index is 2.28. The molecule has 0 amide bonds. The molecule has 0 saturated heterocycles. The number of benzene rings is 2. The van der Waals surface area contributed by atoms with E-state index in [1.165, 1.54) is 0 Å². The van der Waals surface area contributed by atoms with Crippen molar-refractivity contribution < 1.29 is 9.47 Å². The van der Waals surface area contributed by atoms with E-state index in [1.54, 1.807) is 32.4 Å². The molecule has 0 aliphatic carbocycles. The second-order valence-electron chi connectivity index (χ2n) is 5.20. The molecule has 124 valence electrons. The fourth-order valence-corrected chi connectivity index (χ4v) is 2.58. The van der Waals surface area contributed by atoms with E-state index in [4.69, 9.17) is 15.2 Å². The van der Waals surface area contributed by atoms with Crippen molar-refractivity contribution in [3.05, 3.63) is 54.1 Å². The maximum atomic E-state index is 9.74. The highest BCUT2D eigenvalue weighted by atomic mass is 16.5. The van der Waals surface area contributed by atoms with Gasteiger partial charge in [0.15, 0.2) is 0 Å². The van der Waals surface area contributed by atoms with Crippen molar-refractivity contribution in [2.24, 2.45) is 0 Å². The van der Waals surface area contributed by atoms with Gasteiger partial charge in [-0.2, -0.15) is 5.26 Å². The van der Waals surface area contributed by atoms with Gasteiger partial charge in [-0.05, 0) is 12.1 Å². The van der Waals surface area contributed by atoms with Crippen LogP contribution in [0.25, 0.3) is 22.5 Å². The average molecular weight is 332 g/mol. The highest BCUT2D eigenvalue weighted by molar-refractivity contribution is 5.81. The lowest BCUT2D eigenvalue weighted by Crippen LogP contribution is -2.04. The molecule has 2 N–H and O–H groups in total. The lowest BCUT2D eigenvalue weighted by atomic mass is 10.0. The molecular weight excluding hydrogens is 316 g/mol. The maximum absolute atomic E-state index is 9.74. The Hall–Kier alpha value is -3.59. The van der Waals surface area contributed by atoms with Crippen LogP contribution in [0.2, 0.25) is 0 Å². The van der Waals surface area contributed by atoms with E-state index < -0.39 is 0 Å². The molecular formula is C19H16N4O2. The number of nitrogen functional groups attached to an aromatic ring is 1. The average Bonchev–Trinajstić information content (AvgIpc) is 2.67. The van der Waals surface area contributed by atoms with Crippen molar-refractivity contribution in [1.29, 1.82) is 5.26 Å². The van der Waals surface area contributed by atoms with Crippen molar-refractivity contribution in [1.82, 2.24) is 9.97 Å². The van der Waals surface area contributed by atoms with Crippen LogP contribution in [-0.4, -0.2) is 24.2 Å². The Bertz CT molecular complexity index is 950. The molecule has 3 aromatic rings. The van der Waals surface area contributed by atoms with Gasteiger partial charge in [-0.15, -0.1) is 0 Å². The van der Waals surface area contributed by atoms with E-state index in [9.17, 15) is 5.26 Å². The standard InChI is InChI=1S/C19H16N4O2/c1-24-13-8-9-14(16(10-13)25-2)18-15(11-20)17(22-19(21)23-18)12-6-4-3-5-7-12/h3-10H,1-2H3,(H2,21,22,23). The number of methoxy groups -OCH3 is 2. The minimum absolute atomic E-state index is 0.0886. The molecule has 0 aliphatic heterocycles. The van der Waals surface area contributed by atoms with Gasteiger partial charge in [0.05, 0.1) is 25.6 Å². The summed E-state index contributed by atoms with van der Waals surface area (Å²) in [7, 11) is 3.12. The van der Waals surface area contributed by atoms with Crippen LogP contribution in [0.4, 0.5) is 5.95 Å². The number of anilines is 1. The number of ether oxygens (including phenoxy) is 2. The van der Waals surface area contributed by atoms with Crippen LogP contribution >= 0.6 is 0 Å². The first-order chi connectivity index (χ1) is 12.2. The molecule has 0 atom stereocenters. The third-order valence-electron chi connectivity index (χ3n) is 3.75. The number of nitriles is 1. The largest absolute Gasteiger partial charge is 0.497 e. The second kappa shape index (κ2) is 6.89. The van der Waals surface area contributed by atoms with Crippen LogP contribution < -0.4 is 15.2 Å². The summed E-state index contributed by atoms with van der Waals surface area (Å²) in [6.07, 6.45) is 0. The molecule has 3 rings (SSSR count). The van der Waals surface area contributed by atoms with E-state index in [0.29, 0.717) is 34.0 Å². The predicted molar refractivity (Wildman–Crippen MR) is 95.1 cm³/mol. The molecule has 0 fully saturated rings. The summed E-state index contributed by atoms with van der Waals surface area (Å²) in [5, 5.41) is 9.74. The van der Waals surface area contributed by atoms with Crippen molar-refractivity contribution in [2.75, 3.05) is 20.0 Å². The maximum Gasteiger partial charge on any atom is 0.221 e. The van der Waals surface area contributed by atoms with Crippen LogP contribution in [0, 0.1) is 11.3 Å². The number of hydrogen-bond donors (Lipinski definition) is 1. The van der Waals surface area contributed by atoms with Crippen LogP contribution in [-0.2, 0) is 0 Å².